The van der Waals surface area contributed by atoms with Crippen LogP contribution >= 0.6 is 0 Å². The third-order valence-electron chi connectivity index (χ3n) is 3.03. The average Bonchev–Trinajstić information content (AvgIpc) is 2.37. The number of benzene rings is 1. The van der Waals surface area contributed by atoms with Crippen molar-refractivity contribution in [2.45, 2.75) is 25.7 Å². The van der Waals surface area contributed by atoms with Gasteiger partial charge in [0.05, 0.1) is 4.90 Å². The molecule has 7 heteroatoms. The van der Waals surface area contributed by atoms with Crippen LogP contribution in [0.2, 0.25) is 0 Å². The lowest BCUT2D eigenvalue weighted by atomic mass is 10.2. The molecule has 0 atom stereocenters. The van der Waals surface area contributed by atoms with Crippen molar-refractivity contribution in [1.29, 1.82) is 0 Å². The predicted molar refractivity (Wildman–Crippen MR) is 80.3 cm³/mol. The molecule has 0 unspecified atom stereocenters. The van der Waals surface area contributed by atoms with Gasteiger partial charge in [-0.05, 0) is 32.9 Å². The van der Waals surface area contributed by atoms with Crippen LogP contribution in [0.25, 0.3) is 0 Å². The molecule has 0 saturated heterocycles. The molecule has 0 radical (unpaired) electrons. The van der Waals surface area contributed by atoms with E-state index in [1.54, 1.807) is 19.1 Å². The average molecular weight is 321 g/mol. The minimum absolute atomic E-state index is 0.0550. The number of amides is 1. The number of carbonyl (C=O) groups excluding carboxylic acids is 1. The van der Waals surface area contributed by atoms with E-state index in [0.717, 1.165) is 11.6 Å². The highest BCUT2D eigenvalue weighted by molar-refractivity contribution is 7.90. The van der Waals surface area contributed by atoms with E-state index in [4.69, 9.17) is 4.42 Å². The van der Waals surface area contributed by atoms with Crippen LogP contribution in [0.3, 0.4) is 0 Å². The zero-order chi connectivity index (χ0) is 16.5. The van der Waals surface area contributed by atoms with E-state index < -0.39 is 21.4 Å². The molecule has 1 N–H and O–H groups in total. The van der Waals surface area contributed by atoms with Crippen molar-refractivity contribution in [3.63, 3.8) is 0 Å². The Morgan fingerprint density at radius 1 is 1.09 bits per heavy atom. The minimum Gasteiger partial charge on any atom is -0.466 e. The monoisotopic (exact) mass is 321 g/mol. The van der Waals surface area contributed by atoms with Gasteiger partial charge in [-0.2, -0.15) is 0 Å². The van der Waals surface area contributed by atoms with Crippen LogP contribution in [-0.4, -0.2) is 14.3 Å². The van der Waals surface area contributed by atoms with Gasteiger partial charge in [0.1, 0.15) is 17.1 Å². The number of nitrogens with one attached hydrogen (secondary N) is 1. The molecule has 1 amide bonds. The molecule has 0 spiro atoms. The van der Waals surface area contributed by atoms with Gasteiger partial charge in [0.2, 0.25) is 0 Å². The lowest BCUT2D eigenvalue weighted by molar-refractivity contribution is 0.0977. The fraction of sp³-hybridized carbons (Fsp3) is 0.200. The van der Waals surface area contributed by atoms with E-state index in [1.165, 1.54) is 19.1 Å². The van der Waals surface area contributed by atoms with Crippen molar-refractivity contribution in [3.8, 4) is 0 Å². The Kier molecular flexibility index (Phi) is 4.18. The third kappa shape index (κ3) is 3.25. The highest BCUT2D eigenvalue weighted by atomic mass is 32.2. The predicted octanol–water partition coefficient (Wildman–Crippen LogP) is 1.68. The van der Waals surface area contributed by atoms with Crippen LogP contribution in [-0.2, 0) is 10.0 Å². The van der Waals surface area contributed by atoms with Crippen LogP contribution in [0.15, 0.2) is 44.4 Å². The lowest BCUT2D eigenvalue weighted by Gasteiger charge is -2.08. The van der Waals surface area contributed by atoms with E-state index in [9.17, 15) is 18.0 Å². The van der Waals surface area contributed by atoms with Crippen molar-refractivity contribution in [2.75, 3.05) is 0 Å². The number of hydrogen-bond donors (Lipinski definition) is 1. The van der Waals surface area contributed by atoms with E-state index >= 15 is 0 Å². The quantitative estimate of drug-likeness (QED) is 0.928. The molecule has 0 aliphatic rings. The fourth-order valence-corrected chi connectivity index (χ4v) is 2.93. The maximum absolute atomic E-state index is 12.2. The maximum Gasteiger partial charge on any atom is 0.272 e. The Morgan fingerprint density at radius 3 is 2.23 bits per heavy atom. The van der Waals surface area contributed by atoms with Gasteiger partial charge >= 0.3 is 0 Å². The number of rotatable bonds is 3. The molecule has 1 heterocycles. The van der Waals surface area contributed by atoms with Gasteiger partial charge in [-0.15, -0.1) is 0 Å². The minimum atomic E-state index is -4.05. The molecule has 1 aromatic heterocycles. The van der Waals surface area contributed by atoms with Crippen LogP contribution in [0.1, 0.15) is 27.4 Å². The maximum atomic E-state index is 12.2. The Labute approximate surface area is 127 Å². The third-order valence-corrected chi connectivity index (χ3v) is 4.38. The Hall–Kier alpha value is -2.41. The van der Waals surface area contributed by atoms with Crippen molar-refractivity contribution in [3.05, 3.63) is 63.2 Å². The molecule has 0 bridgehead atoms. The smallest absolute Gasteiger partial charge is 0.272 e. The fourth-order valence-electron chi connectivity index (χ4n) is 1.97. The summed E-state index contributed by atoms with van der Waals surface area (Å²) >= 11 is 0. The van der Waals surface area contributed by atoms with Crippen molar-refractivity contribution in [2.24, 2.45) is 0 Å². The zero-order valence-corrected chi connectivity index (χ0v) is 13.2. The van der Waals surface area contributed by atoms with E-state index in [-0.39, 0.29) is 16.2 Å². The SMILES string of the molecule is Cc1ccc(S(=O)(=O)NC(=O)c2c(C)oc(C)cc2=O)cc1. The van der Waals surface area contributed by atoms with Crippen LogP contribution in [0, 0.1) is 20.8 Å². The largest absolute Gasteiger partial charge is 0.466 e. The molecule has 0 saturated carbocycles. The van der Waals surface area contributed by atoms with Gasteiger partial charge in [0.25, 0.3) is 15.9 Å². The summed E-state index contributed by atoms with van der Waals surface area (Å²) in [5.74, 6) is -0.589. The zero-order valence-electron chi connectivity index (χ0n) is 12.3. The number of hydrogen-bond acceptors (Lipinski definition) is 5. The first-order valence-electron chi connectivity index (χ1n) is 6.46. The molecule has 2 aromatic rings. The summed E-state index contributed by atoms with van der Waals surface area (Å²) in [4.78, 5) is 23.9. The summed E-state index contributed by atoms with van der Waals surface area (Å²) < 4.78 is 31.4. The Morgan fingerprint density at radius 2 is 1.68 bits per heavy atom. The molecular weight excluding hydrogens is 306 g/mol. The summed E-state index contributed by atoms with van der Waals surface area (Å²) in [6, 6.07) is 7.14. The highest BCUT2D eigenvalue weighted by Gasteiger charge is 2.23. The van der Waals surface area contributed by atoms with Crippen LogP contribution < -0.4 is 10.2 Å². The normalized spacial score (nSPS) is 11.2. The molecule has 22 heavy (non-hydrogen) atoms. The second kappa shape index (κ2) is 5.76. The van der Waals surface area contributed by atoms with E-state index in [2.05, 4.69) is 0 Å². The van der Waals surface area contributed by atoms with Crippen molar-refractivity contribution < 1.29 is 17.6 Å². The standard InChI is InChI=1S/C15H15NO5S/c1-9-4-6-12(7-5-9)22(19,20)16-15(18)14-11(3)21-10(2)8-13(14)17/h4-8H,1-3H3,(H,16,18). The van der Waals surface area contributed by atoms with Gasteiger partial charge in [0.15, 0.2) is 5.43 Å². The van der Waals surface area contributed by atoms with Gasteiger partial charge in [-0.25, -0.2) is 13.1 Å². The summed E-state index contributed by atoms with van der Waals surface area (Å²) in [5.41, 5.74) is -0.0144. The molecule has 0 aliphatic carbocycles. The Bertz CT molecular complexity index is 879. The van der Waals surface area contributed by atoms with Gasteiger partial charge in [0, 0.05) is 6.07 Å². The molecule has 116 valence electrons. The van der Waals surface area contributed by atoms with Gasteiger partial charge in [-0.3, -0.25) is 9.59 Å². The summed E-state index contributed by atoms with van der Waals surface area (Å²) in [7, 11) is -4.05. The lowest BCUT2D eigenvalue weighted by Crippen LogP contribution is -2.34. The Balaban J connectivity index is 2.36. The van der Waals surface area contributed by atoms with Crippen molar-refractivity contribution >= 4 is 15.9 Å². The first-order valence-corrected chi connectivity index (χ1v) is 7.94. The van der Waals surface area contributed by atoms with Gasteiger partial charge in [-0.1, -0.05) is 17.7 Å². The summed E-state index contributed by atoms with van der Waals surface area (Å²) in [6.45, 7) is 4.82. The number of carbonyl (C=O) groups is 1. The topological polar surface area (TPSA) is 93.4 Å². The first-order chi connectivity index (χ1) is 10.2. The second-order valence-corrected chi connectivity index (χ2v) is 6.58. The van der Waals surface area contributed by atoms with Crippen LogP contribution in [0.5, 0.6) is 0 Å². The summed E-state index contributed by atoms with van der Waals surface area (Å²) in [5, 5.41) is 0. The van der Waals surface area contributed by atoms with Gasteiger partial charge < -0.3 is 4.42 Å². The number of sulfonamides is 1. The molecular formula is C15H15NO5S. The molecule has 0 aliphatic heterocycles. The molecule has 0 fully saturated rings. The molecule has 1 aromatic carbocycles. The highest BCUT2D eigenvalue weighted by Crippen LogP contribution is 2.11. The number of aryl methyl sites for hydroxylation is 3. The van der Waals surface area contributed by atoms with Crippen molar-refractivity contribution in [1.82, 2.24) is 4.72 Å². The first kappa shape index (κ1) is 16.0. The van der Waals surface area contributed by atoms with Crippen LogP contribution in [0.4, 0.5) is 0 Å². The second-order valence-electron chi connectivity index (χ2n) is 4.90. The molecule has 2 rings (SSSR count). The summed E-state index contributed by atoms with van der Waals surface area (Å²) in [6.07, 6.45) is 0. The molecule has 6 nitrogen and oxygen atoms in total. The van der Waals surface area contributed by atoms with E-state index in [1.807, 2.05) is 11.6 Å². The van der Waals surface area contributed by atoms with E-state index in [0.29, 0.717) is 5.76 Å².